The second-order valence-electron chi connectivity index (χ2n) is 5.24. The minimum atomic E-state index is -0.455. The van der Waals surface area contributed by atoms with E-state index in [1.165, 1.54) is 7.11 Å². The Morgan fingerprint density at radius 2 is 2.08 bits per heavy atom. The quantitative estimate of drug-likeness (QED) is 0.454. The zero-order valence-electron chi connectivity index (χ0n) is 13.8. The van der Waals surface area contributed by atoms with Gasteiger partial charge in [-0.1, -0.05) is 36.4 Å². The van der Waals surface area contributed by atoms with Crippen LogP contribution < -0.4 is 0 Å². The summed E-state index contributed by atoms with van der Waals surface area (Å²) in [6, 6.07) is 15.5. The number of ether oxygens (including phenoxy) is 1. The fourth-order valence-electron chi connectivity index (χ4n) is 2.30. The van der Waals surface area contributed by atoms with E-state index in [2.05, 4.69) is 17.6 Å². The average molecular weight is 360 g/mol. The Morgan fingerprint density at radius 1 is 1.29 bits per heavy atom. The molecule has 1 atom stereocenters. The molecule has 0 aliphatic heterocycles. The fraction of sp³-hybridized carbons (Fsp3) is 0.263. The molecule has 0 radical (unpaired) electrons. The van der Waals surface area contributed by atoms with Crippen molar-refractivity contribution < 1.29 is 9.53 Å². The normalized spacial score (nSPS) is 12.3. The lowest BCUT2D eigenvalue weighted by molar-refractivity contribution is -0.142. The van der Waals surface area contributed by atoms with Crippen LogP contribution in [-0.2, 0) is 9.53 Å². The number of hydrogen-bond donors (Lipinski definition) is 1. The van der Waals surface area contributed by atoms with Crippen molar-refractivity contribution >= 4 is 36.6 Å². The van der Waals surface area contributed by atoms with Gasteiger partial charge in [0.1, 0.15) is 6.04 Å². The smallest absolute Gasteiger partial charge is 0.330 e. The summed E-state index contributed by atoms with van der Waals surface area (Å²) in [6.45, 7) is 0. The SMILES string of the molecule is COC(=O)[C@H](CCSC)N=Cc1cccc(-c2ccccc2S)c1. The molecule has 0 bridgehead atoms. The molecular formula is C19H21NO2S2. The molecule has 0 spiro atoms. The highest BCUT2D eigenvalue weighted by Crippen LogP contribution is 2.26. The molecule has 0 aliphatic rings. The van der Waals surface area contributed by atoms with Crippen LogP contribution in [0, 0.1) is 0 Å². The Morgan fingerprint density at radius 3 is 2.79 bits per heavy atom. The summed E-state index contributed by atoms with van der Waals surface area (Å²) in [5.41, 5.74) is 3.09. The number of hydrogen-bond acceptors (Lipinski definition) is 5. The Hall–Kier alpha value is -1.72. The molecule has 0 saturated heterocycles. The number of aliphatic imine (C=N–C) groups is 1. The fourth-order valence-corrected chi connectivity index (χ4v) is 3.05. The zero-order chi connectivity index (χ0) is 17.4. The van der Waals surface area contributed by atoms with Crippen LogP contribution in [0.3, 0.4) is 0 Å². The summed E-state index contributed by atoms with van der Waals surface area (Å²) < 4.78 is 4.83. The van der Waals surface area contributed by atoms with Crippen LogP contribution in [0.4, 0.5) is 0 Å². The summed E-state index contributed by atoms with van der Waals surface area (Å²) in [5.74, 6) is 0.571. The van der Waals surface area contributed by atoms with Gasteiger partial charge in [0.25, 0.3) is 0 Å². The van der Waals surface area contributed by atoms with Gasteiger partial charge in [-0.25, -0.2) is 4.79 Å². The molecule has 0 aliphatic carbocycles. The summed E-state index contributed by atoms with van der Waals surface area (Å²) >= 11 is 6.20. The van der Waals surface area contributed by atoms with E-state index in [0.717, 1.165) is 27.3 Å². The highest BCUT2D eigenvalue weighted by molar-refractivity contribution is 7.98. The molecule has 126 valence electrons. The lowest BCUT2D eigenvalue weighted by Crippen LogP contribution is -2.21. The van der Waals surface area contributed by atoms with E-state index in [1.54, 1.807) is 18.0 Å². The van der Waals surface area contributed by atoms with Crippen molar-refractivity contribution in [3.05, 3.63) is 54.1 Å². The van der Waals surface area contributed by atoms with Crippen molar-refractivity contribution in [2.75, 3.05) is 19.1 Å². The third-order valence-electron chi connectivity index (χ3n) is 3.57. The number of rotatable bonds is 7. The molecule has 0 heterocycles. The number of nitrogens with zero attached hydrogens (tertiary/aromatic N) is 1. The predicted octanol–water partition coefficient (Wildman–Crippen LogP) is 4.36. The highest BCUT2D eigenvalue weighted by atomic mass is 32.2. The minimum absolute atomic E-state index is 0.294. The van der Waals surface area contributed by atoms with Crippen molar-refractivity contribution in [2.45, 2.75) is 17.4 Å². The van der Waals surface area contributed by atoms with Crippen molar-refractivity contribution in [1.29, 1.82) is 0 Å². The standard InChI is InChI=1S/C19H21NO2S2/c1-22-19(21)17(10-11-24-2)20-13-14-6-5-7-15(12-14)16-8-3-4-9-18(16)23/h3-9,12-13,17,23H,10-11H2,1-2H3/t17-/m0/s1. The maximum atomic E-state index is 11.8. The number of carbonyl (C=O) groups excluding carboxylic acids is 1. The molecule has 0 amide bonds. The summed E-state index contributed by atoms with van der Waals surface area (Å²) in [7, 11) is 1.40. The number of esters is 1. The van der Waals surface area contributed by atoms with E-state index in [0.29, 0.717) is 6.42 Å². The van der Waals surface area contributed by atoms with Crippen molar-refractivity contribution in [3.8, 4) is 11.1 Å². The molecule has 5 heteroatoms. The molecular weight excluding hydrogens is 338 g/mol. The first kappa shape index (κ1) is 18.6. The number of methoxy groups -OCH3 is 1. The molecule has 0 fully saturated rings. The molecule has 24 heavy (non-hydrogen) atoms. The molecule has 0 unspecified atom stereocenters. The van der Waals surface area contributed by atoms with Gasteiger partial charge in [0.2, 0.25) is 0 Å². The first-order valence-electron chi connectivity index (χ1n) is 7.64. The maximum absolute atomic E-state index is 11.8. The van der Waals surface area contributed by atoms with Crippen LogP contribution in [-0.4, -0.2) is 37.3 Å². The number of benzene rings is 2. The van der Waals surface area contributed by atoms with Crippen LogP contribution >= 0.6 is 24.4 Å². The minimum Gasteiger partial charge on any atom is -0.467 e. The van der Waals surface area contributed by atoms with Gasteiger partial charge < -0.3 is 4.74 Å². The molecule has 2 aromatic rings. The third kappa shape index (κ3) is 5.14. The first-order valence-corrected chi connectivity index (χ1v) is 9.48. The van der Waals surface area contributed by atoms with Gasteiger partial charge in [-0.2, -0.15) is 11.8 Å². The van der Waals surface area contributed by atoms with Gasteiger partial charge in [0.15, 0.2) is 0 Å². The van der Waals surface area contributed by atoms with Gasteiger partial charge in [0, 0.05) is 11.1 Å². The first-order chi connectivity index (χ1) is 11.7. The number of thioether (sulfide) groups is 1. The third-order valence-corrected chi connectivity index (χ3v) is 4.61. The molecule has 3 nitrogen and oxygen atoms in total. The van der Waals surface area contributed by atoms with Crippen molar-refractivity contribution in [2.24, 2.45) is 4.99 Å². The van der Waals surface area contributed by atoms with Crippen LogP contribution in [0.1, 0.15) is 12.0 Å². The van der Waals surface area contributed by atoms with Crippen LogP contribution in [0.15, 0.2) is 58.4 Å². The van der Waals surface area contributed by atoms with Gasteiger partial charge in [-0.3, -0.25) is 4.99 Å². The van der Waals surface area contributed by atoms with Gasteiger partial charge in [-0.05, 0) is 47.3 Å². The molecule has 2 rings (SSSR count). The van der Waals surface area contributed by atoms with Crippen molar-refractivity contribution in [1.82, 2.24) is 0 Å². The lowest BCUT2D eigenvalue weighted by Gasteiger charge is -2.09. The Bertz CT molecular complexity index is 716. The second-order valence-corrected chi connectivity index (χ2v) is 6.71. The Balaban J connectivity index is 2.21. The van der Waals surface area contributed by atoms with Crippen LogP contribution in [0.5, 0.6) is 0 Å². The van der Waals surface area contributed by atoms with E-state index in [1.807, 2.05) is 54.8 Å². The number of carbonyl (C=O) groups is 1. The van der Waals surface area contributed by atoms with Crippen LogP contribution in [0.25, 0.3) is 11.1 Å². The topological polar surface area (TPSA) is 38.7 Å². The molecule has 2 aromatic carbocycles. The van der Waals surface area contributed by atoms with E-state index in [-0.39, 0.29) is 5.97 Å². The summed E-state index contributed by atoms with van der Waals surface area (Å²) in [6.07, 6.45) is 4.42. The Kier molecular flexibility index (Phi) is 7.40. The number of thiol groups is 1. The van der Waals surface area contributed by atoms with E-state index in [4.69, 9.17) is 4.74 Å². The second kappa shape index (κ2) is 9.55. The van der Waals surface area contributed by atoms with E-state index in [9.17, 15) is 4.79 Å². The van der Waals surface area contributed by atoms with E-state index >= 15 is 0 Å². The zero-order valence-corrected chi connectivity index (χ0v) is 15.5. The molecule has 0 N–H and O–H groups in total. The van der Waals surface area contributed by atoms with E-state index < -0.39 is 6.04 Å². The summed E-state index contributed by atoms with van der Waals surface area (Å²) in [5, 5.41) is 0. The van der Waals surface area contributed by atoms with Crippen LogP contribution in [0.2, 0.25) is 0 Å². The lowest BCUT2D eigenvalue weighted by atomic mass is 10.0. The molecule has 0 aromatic heterocycles. The van der Waals surface area contributed by atoms with Gasteiger partial charge >= 0.3 is 5.97 Å². The largest absolute Gasteiger partial charge is 0.467 e. The van der Waals surface area contributed by atoms with Gasteiger partial charge in [-0.15, -0.1) is 12.6 Å². The van der Waals surface area contributed by atoms with Crippen molar-refractivity contribution in [3.63, 3.8) is 0 Å². The maximum Gasteiger partial charge on any atom is 0.330 e. The van der Waals surface area contributed by atoms with Gasteiger partial charge in [0.05, 0.1) is 7.11 Å². The predicted molar refractivity (Wildman–Crippen MR) is 106 cm³/mol. The highest BCUT2D eigenvalue weighted by Gasteiger charge is 2.16. The molecule has 0 saturated carbocycles. The average Bonchev–Trinajstić information content (AvgIpc) is 2.62. The monoisotopic (exact) mass is 359 g/mol. The Labute approximate surface area is 152 Å². The summed E-state index contributed by atoms with van der Waals surface area (Å²) in [4.78, 5) is 17.2.